The van der Waals surface area contributed by atoms with Crippen molar-refractivity contribution in [2.75, 3.05) is 38.2 Å². The van der Waals surface area contributed by atoms with Gasteiger partial charge in [0.25, 0.3) is 0 Å². The summed E-state index contributed by atoms with van der Waals surface area (Å²) >= 11 is 1.48. The lowest BCUT2D eigenvalue weighted by molar-refractivity contribution is 0.114. The van der Waals surface area contributed by atoms with E-state index in [1.165, 1.54) is 11.5 Å². The quantitative estimate of drug-likeness (QED) is 0.664. The monoisotopic (exact) mass is 436 g/mol. The second-order valence-corrected chi connectivity index (χ2v) is 10.7. The number of methoxy groups -OCH3 is 1. The molecular weight excluding hydrogens is 408 g/mol. The number of anilines is 1. The first kappa shape index (κ1) is 20.6. The number of nitrogens with zero attached hydrogens (tertiary/aromatic N) is 4. The molecule has 1 aromatic carbocycles. The molecule has 2 aromatic rings. The minimum Gasteiger partial charge on any atom is -0.497 e. The van der Waals surface area contributed by atoms with Gasteiger partial charge >= 0.3 is 0 Å². The molecule has 0 aliphatic carbocycles. The summed E-state index contributed by atoms with van der Waals surface area (Å²) in [7, 11) is -1.88. The van der Waals surface area contributed by atoms with Crippen molar-refractivity contribution in [2.24, 2.45) is 5.41 Å². The summed E-state index contributed by atoms with van der Waals surface area (Å²) < 4.78 is 37.1. The molecule has 158 valence electrons. The Bertz CT molecular complexity index is 927. The minimum absolute atomic E-state index is 0.210. The summed E-state index contributed by atoms with van der Waals surface area (Å²) in [6, 6.07) is 6.63. The van der Waals surface area contributed by atoms with Gasteiger partial charge in [0.15, 0.2) is 0 Å². The van der Waals surface area contributed by atoms with Crippen LogP contribution in [0.5, 0.6) is 5.75 Å². The predicted molar refractivity (Wildman–Crippen MR) is 114 cm³/mol. The number of hydrogen-bond donors (Lipinski definition) is 0. The fourth-order valence-electron chi connectivity index (χ4n) is 4.12. The Kier molecular flexibility index (Phi) is 5.81. The van der Waals surface area contributed by atoms with E-state index in [-0.39, 0.29) is 5.41 Å². The molecule has 29 heavy (non-hydrogen) atoms. The number of benzene rings is 1. The zero-order valence-corrected chi connectivity index (χ0v) is 18.6. The van der Waals surface area contributed by atoms with Crippen molar-refractivity contribution in [2.45, 2.75) is 43.9 Å². The van der Waals surface area contributed by atoms with E-state index in [0.29, 0.717) is 23.7 Å². The first-order valence-corrected chi connectivity index (χ1v) is 12.4. The van der Waals surface area contributed by atoms with Crippen LogP contribution in [0.3, 0.4) is 0 Å². The van der Waals surface area contributed by atoms with Crippen LogP contribution in [0.4, 0.5) is 5.13 Å². The fourth-order valence-corrected chi connectivity index (χ4v) is 6.27. The molecule has 0 amide bonds. The van der Waals surface area contributed by atoms with Crippen LogP contribution in [0.25, 0.3) is 0 Å². The first-order valence-electron chi connectivity index (χ1n) is 10.2. The van der Waals surface area contributed by atoms with Crippen LogP contribution in [-0.4, -0.2) is 55.4 Å². The number of sulfonamides is 1. The van der Waals surface area contributed by atoms with Crippen LogP contribution in [0.1, 0.15) is 38.4 Å². The Morgan fingerprint density at radius 2 is 1.86 bits per heavy atom. The topological polar surface area (TPSA) is 75.6 Å². The van der Waals surface area contributed by atoms with Gasteiger partial charge in [-0.05, 0) is 43.5 Å². The molecule has 0 bridgehead atoms. The second-order valence-electron chi connectivity index (χ2n) is 8.03. The van der Waals surface area contributed by atoms with E-state index in [1.807, 2.05) is 0 Å². The van der Waals surface area contributed by atoms with Crippen LogP contribution in [0.2, 0.25) is 0 Å². The number of hydrogen-bond acceptors (Lipinski definition) is 7. The highest BCUT2D eigenvalue weighted by Gasteiger charge is 2.47. The summed E-state index contributed by atoms with van der Waals surface area (Å²) in [5.74, 6) is 1.61. The highest BCUT2D eigenvalue weighted by Crippen LogP contribution is 2.43. The van der Waals surface area contributed by atoms with Gasteiger partial charge in [0.2, 0.25) is 15.2 Å². The van der Waals surface area contributed by atoms with E-state index < -0.39 is 10.0 Å². The molecule has 3 heterocycles. The van der Waals surface area contributed by atoms with E-state index in [4.69, 9.17) is 4.74 Å². The molecule has 9 heteroatoms. The molecule has 0 saturated carbocycles. The van der Waals surface area contributed by atoms with Crippen molar-refractivity contribution in [3.05, 3.63) is 30.1 Å². The van der Waals surface area contributed by atoms with E-state index in [0.717, 1.165) is 56.1 Å². The molecule has 2 aliphatic rings. The number of aromatic nitrogens is 2. The molecule has 2 saturated heterocycles. The van der Waals surface area contributed by atoms with Gasteiger partial charge in [-0.25, -0.2) is 13.4 Å². The van der Waals surface area contributed by atoms with Gasteiger partial charge in [-0.15, -0.1) is 0 Å². The highest BCUT2D eigenvalue weighted by atomic mass is 32.2. The fraction of sp³-hybridized carbons (Fsp3) is 0.600. The first-order chi connectivity index (χ1) is 14.0. The SMILES string of the molecule is CCCCc1nsc(N2CC3(CCN(S(=O)(=O)c4ccc(OC)cc4)CC3)C2)n1. The third-order valence-corrected chi connectivity index (χ3v) is 8.74. The van der Waals surface area contributed by atoms with Gasteiger partial charge in [-0.2, -0.15) is 8.68 Å². The maximum atomic E-state index is 12.9. The molecule has 2 fully saturated rings. The van der Waals surface area contributed by atoms with Crippen molar-refractivity contribution >= 4 is 26.7 Å². The molecule has 0 N–H and O–H groups in total. The maximum Gasteiger partial charge on any atom is 0.243 e. The normalized spacial score (nSPS) is 19.3. The second kappa shape index (κ2) is 8.20. The molecule has 1 spiro atoms. The smallest absolute Gasteiger partial charge is 0.243 e. The number of unbranched alkanes of at least 4 members (excludes halogenated alkanes) is 1. The van der Waals surface area contributed by atoms with Crippen molar-refractivity contribution in [1.29, 1.82) is 0 Å². The van der Waals surface area contributed by atoms with Gasteiger partial charge in [0.1, 0.15) is 11.6 Å². The van der Waals surface area contributed by atoms with Crippen molar-refractivity contribution < 1.29 is 13.2 Å². The number of ether oxygens (including phenoxy) is 1. The number of piperidine rings is 1. The molecule has 2 aliphatic heterocycles. The Labute approximate surface area is 176 Å². The van der Waals surface area contributed by atoms with Crippen molar-refractivity contribution in [3.63, 3.8) is 0 Å². The summed E-state index contributed by atoms with van der Waals surface area (Å²) in [6.07, 6.45) is 5.00. The van der Waals surface area contributed by atoms with Crippen LogP contribution < -0.4 is 9.64 Å². The van der Waals surface area contributed by atoms with Crippen LogP contribution >= 0.6 is 11.5 Å². The third-order valence-electron chi connectivity index (χ3n) is 6.01. The van der Waals surface area contributed by atoms with Crippen LogP contribution in [-0.2, 0) is 16.4 Å². The van der Waals surface area contributed by atoms with Gasteiger partial charge in [-0.3, -0.25) is 0 Å². The number of rotatable bonds is 7. The Morgan fingerprint density at radius 3 is 2.48 bits per heavy atom. The van der Waals surface area contributed by atoms with Crippen molar-refractivity contribution in [1.82, 2.24) is 13.7 Å². The van der Waals surface area contributed by atoms with E-state index in [2.05, 4.69) is 21.2 Å². The Morgan fingerprint density at radius 1 is 1.17 bits per heavy atom. The Hall–Kier alpha value is -1.71. The standard InChI is InChI=1S/C20H28N4O3S2/c1-3-4-5-18-21-19(28-22-18)23-14-20(15-23)10-12-24(13-11-20)29(25,26)17-8-6-16(27-2)7-9-17/h6-9H,3-5,10-15H2,1-2H3. The summed E-state index contributed by atoms with van der Waals surface area (Å²) in [6.45, 7) is 5.21. The average Bonchev–Trinajstić information content (AvgIpc) is 3.19. The van der Waals surface area contributed by atoms with Gasteiger partial charge in [0.05, 0.1) is 12.0 Å². The average molecular weight is 437 g/mol. The zero-order valence-electron chi connectivity index (χ0n) is 17.0. The molecule has 4 rings (SSSR count). The molecule has 0 unspecified atom stereocenters. The lowest BCUT2D eigenvalue weighted by Gasteiger charge is -2.53. The highest BCUT2D eigenvalue weighted by molar-refractivity contribution is 7.89. The lowest BCUT2D eigenvalue weighted by Crippen LogP contribution is -2.61. The van der Waals surface area contributed by atoms with E-state index in [9.17, 15) is 8.42 Å². The van der Waals surface area contributed by atoms with E-state index >= 15 is 0 Å². The van der Waals surface area contributed by atoms with E-state index in [1.54, 1.807) is 35.7 Å². The zero-order chi connectivity index (χ0) is 20.5. The lowest BCUT2D eigenvalue weighted by atomic mass is 9.73. The number of aryl methyl sites for hydroxylation is 1. The summed E-state index contributed by atoms with van der Waals surface area (Å²) in [4.78, 5) is 7.30. The largest absolute Gasteiger partial charge is 0.497 e. The minimum atomic E-state index is -3.45. The molecule has 0 radical (unpaired) electrons. The molecule has 1 aromatic heterocycles. The van der Waals surface area contributed by atoms with Crippen LogP contribution in [0.15, 0.2) is 29.2 Å². The third kappa shape index (κ3) is 4.13. The van der Waals surface area contributed by atoms with Crippen LogP contribution in [0, 0.1) is 5.41 Å². The Balaban J connectivity index is 1.33. The van der Waals surface area contributed by atoms with Gasteiger partial charge < -0.3 is 9.64 Å². The van der Waals surface area contributed by atoms with Gasteiger partial charge in [0, 0.05) is 49.5 Å². The van der Waals surface area contributed by atoms with Crippen molar-refractivity contribution in [3.8, 4) is 5.75 Å². The van der Waals surface area contributed by atoms with Gasteiger partial charge in [-0.1, -0.05) is 13.3 Å². The predicted octanol–water partition coefficient (Wildman–Crippen LogP) is 3.18. The maximum absolute atomic E-state index is 12.9. The summed E-state index contributed by atoms with van der Waals surface area (Å²) in [5.41, 5.74) is 0.210. The molecule has 7 nitrogen and oxygen atoms in total. The summed E-state index contributed by atoms with van der Waals surface area (Å²) in [5, 5.41) is 1.01. The molecular formula is C20H28N4O3S2. The molecule has 0 atom stereocenters.